The van der Waals surface area contributed by atoms with Gasteiger partial charge in [0.05, 0.1) is 0 Å². The summed E-state index contributed by atoms with van der Waals surface area (Å²) in [6, 6.07) is 4.81. The van der Waals surface area contributed by atoms with Gasteiger partial charge < -0.3 is 21.3 Å². The lowest BCUT2D eigenvalue weighted by Crippen LogP contribution is -2.32. The van der Waals surface area contributed by atoms with Gasteiger partial charge in [-0.2, -0.15) is 0 Å². The monoisotopic (exact) mass is 452 g/mol. The minimum Gasteiger partial charge on any atom is -0.404 e. The molecule has 3 rings (SSSR count). The highest BCUT2D eigenvalue weighted by atomic mass is 19.1. The molecule has 1 amide bonds. The number of likely N-dealkylation sites (tertiary alicyclic amines) is 1. The fourth-order valence-corrected chi connectivity index (χ4v) is 3.83. The van der Waals surface area contributed by atoms with Gasteiger partial charge in [-0.3, -0.25) is 9.79 Å². The summed E-state index contributed by atoms with van der Waals surface area (Å²) in [6.07, 6.45) is 6.37. The normalized spacial score (nSPS) is 16.8. The Morgan fingerprint density at radius 1 is 1.39 bits per heavy atom. The fourth-order valence-electron chi connectivity index (χ4n) is 3.83. The van der Waals surface area contributed by atoms with Gasteiger partial charge in [-0.05, 0) is 62.5 Å². The zero-order chi connectivity index (χ0) is 23.8. The molecule has 33 heavy (non-hydrogen) atoms. The van der Waals surface area contributed by atoms with Crippen LogP contribution in [0, 0.1) is 5.82 Å². The Kier molecular flexibility index (Phi) is 8.20. The molecule has 1 atom stereocenters. The Bertz CT molecular complexity index is 1070. The van der Waals surface area contributed by atoms with Gasteiger partial charge in [-0.25, -0.2) is 19.4 Å². The maximum atomic E-state index is 14.2. The molecular formula is C23H29FN8O. The zero-order valence-electron chi connectivity index (χ0n) is 18.9. The maximum absolute atomic E-state index is 14.2. The minimum atomic E-state index is -0.441. The van der Waals surface area contributed by atoms with Crippen LogP contribution < -0.4 is 16.4 Å². The van der Waals surface area contributed by atoms with Crippen molar-refractivity contribution in [2.24, 2.45) is 15.7 Å². The number of aliphatic imine (C=N–C) groups is 2. The van der Waals surface area contributed by atoms with Crippen LogP contribution in [0.5, 0.6) is 0 Å². The van der Waals surface area contributed by atoms with Crippen molar-refractivity contribution in [2.45, 2.75) is 25.4 Å². The van der Waals surface area contributed by atoms with E-state index >= 15 is 0 Å². The summed E-state index contributed by atoms with van der Waals surface area (Å²) in [5, 5.41) is 6.08. The van der Waals surface area contributed by atoms with Crippen molar-refractivity contribution in [3.63, 3.8) is 0 Å². The van der Waals surface area contributed by atoms with Crippen molar-refractivity contribution in [2.75, 3.05) is 32.5 Å². The number of carbonyl (C=O) groups excluding carboxylic acids is 1. The predicted molar refractivity (Wildman–Crippen MR) is 130 cm³/mol. The average Bonchev–Trinajstić information content (AvgIpc) is 3.23. The highest BCUT2D eigenvalue weighted by Crippen LogP contribution is 2.26. The van der Waals surface area contributed by atoms with E-state index in [4.69, 9.17) is 5.73 Å². The first kappa shape index (κ1) is 24.0. The second-order valence-electron chi connectivity index (χ2n) is 7.78. The molecule has 1 saturated heterocycles. The number of benzene rings is 1. The Balaban J connectivity index is 1.76. The zero-order valence-corrected chi connectivity index (χ0v) is 18.9. The van der Waals surface area contributed by atoms with Crippen molar-refractivity contribution < 1.29 is 9.18 Å². The second-order valence-corrected chi connectivity index (χ2v) is 7.78. The molecule has 2 heterocycles. The van der Waals surface area contributed by atoms with Crippen LogP contribution in [0.3, 0.4) is 0 Å². The van der Waals surface area contributed by atoms with Gasteiger partial charge in [0.2, 0.25) is 0 Å². The molecule has 0 aliphatic carbocycles. The topological polar surface area (TPSA) is 121 Å². The van der Waals surface area contributed by atoms with E-state index in [0.717, 1.165) is 19.4 Å². The van der Waals surface area contributed by atoms with E-state index in [1.165, 1.54) is 24.7 Å². The number of anilines is 1. The van der Waals surface area contributed by atoms with Crippen molar-refractivity contribution in [3.8, 4) is 0 Å². The van der Waals surface area contributed by atoms with Crippen molar-refractivity contribution in [1.82, 2.24) is 20.2 Å². The van der Waals surface area contributed by atoms with Gasteiger partial charge in [0.25, 0.3) is 5.91 Å². The third-order valence-electron chi connectivity index (χ3n) is 5.57. The first-order chi connectivity index (χ1) is 16.0. The largest absolute Gasteiger partial charge is 0.404 e. The molecule has 10 heteroatoms. The van der Waals surface area contributed by atoms with Crippen LogP contribution in [0.2, 0.25) is 0 Å². The van der Waals surface area contributed by atoms with Crippen LogP contribution in [0.15, 0.2) is 40.7 Å². The number of nitrogens with zero attached hydrogens (tertiary/aromatic N) is 5. The maximum Gasteiger partial charge on any atom is 0.272 e. The minimum absolute atomic E-state index is 0.0936. The average molecular weight is 453 g/mol. The van der Waals surface area contributed by atoms with E-state index in [2.05, 4.69) is 49.3 Å². The summed E-state index contributed by atoms with van der Waals surface area (Å²) in [7, 11) is 3.68. The standard InChI is InChI=1S/C23H29FN8O/c1-26-12-17(10-25)16-7-15(8-18(24)9-16)11-29-23(33)21-20(22(27-2)31-14-30-21)28-13-19-5-4-6-32(19)3/h7-10,12,14,19,28H,2,4-6,11,13,25H2,1,3H3,(H,29,33)/t19-/m0/s1. The summed E-state index contributed by atoms with van der Waals surface area (Å²) in [5.74, 6) is -0.565. The number of hydrogen-bond acceptors (Lipinski definition) is 8. The number of rotatable bonds is 9. The molecule has 174 valence electrons. The fraction of sp³-hybridized carbons (Fsp3) is 0.348. The highest BCUT2D eigenvalue weighted by molar-refractivity contribution is 6.09. The van der Waals surface area contributed by atoms with E-state index in [-0.39, 0.29) is 12.2 Å². The number of nitrogens with one attached hydrogen (secondary N) is 2. The first-order valence-corrected chi connectivity index (χ1v) is 10.6. The molecule has 0 saturated carbocycles. The van der Waals surface area contributed by atoms with E-state index in [0.29, 0.717) is 40.8 Å². The van der Waals surface area contributed by atoms with E-state index in [9.17, 15) is 9.18 Å². The van der Waals surface area contributed by atoms with Crippen LogP contribution in [-0.2, 0) is 6.54 Å². The van der Waals surface area contributed by atoms with E-state index < -0.39 is 11.7 Å². The number of likely N-dealkylation sites (N-methyl/N-ethyl adjacent to an activating group) is 1. The van der Waals surface area contributed by atoms with Gasteiger partial charge >= 0.3 is 0 Å². The van der Waals surface area contributed by atoms with Crippen molar-refractivity contribution in [1.29, 1.82) is 0 Å². The molecule has 0 spiro atoms. The number of amides is 1. The first-order valence-electron chi connectivity index (χ1n) is 10.6. The predicted octanol–water partition coefficient (Wildman–Crippen LogP) is 2.38. The summed E-state index contributed by atoms with van der Waals surface area (Å²) in [4.78, 5) is 31.4. The van der Waals surface area contributed by atoms with Gasteiger partial charge in [0.15, 0.2) is 11.5 Å². The molecule has 1 aliphatic rings. The Hall–Kier alpha value is -3.66. The van der Waals surface area contributed by atoms with Crippen molar-refractivity contribution >= 4 is 35.9 Å². The van der Waals surface area contributed by atoms with Crippen molar-refractivity contribution in [3.05, 3.63) is 53.4 Å². The summed E-state index contributed by atoms with van der Waals surface area (Å²) in [5.41, 5.74) is 7.93. The van der Waals surface area contributed by atoms with Gasteiger partial charge in [-0.15, -0.1) is 0 Å². The Labute approximate surface area is 192 Å². The third-order valence-corrected chi connectivity index (χ3v) is 5.57. The molecular weight excluding hydrogens is 423 g/mol. The van der Waals surface area contributed by atoms with Crippen LogP contribution >= 0.6 is 0 Å². The molecule has 4 N–H and O–H groups in total. The Morgan fingerprint density at radius 3 is 2.88 bits per heavy atom. The van der Waals surface area contributed by atoms with E-state index in [1.807, 2.05) is 0 Å². The summed E-state index contributed by atoms with van der Waals surface area (Å²) >= 11 is 0. The number of hydrogen-bond donors (Lipinski definition) is 3. The summed E-state index contributed by atoms with van der Waals surface area (Å²) < 4.78 is 14.2. The van der Waals surface area contributed by atoms with Gasteiger partial charge in [0.1, 0.15) is 17.8 Å². The molecule has 1 aromatic heterocycles. The molecule has 1 aromatic carbocycles. The molecule has 1 aliphatic heterocycles. The van der Waals surface area contributed by atoms with Crippen LogP contribution in [0.25, 0.3) is 5.57 Å². The van der Waals surface area contributed by atoms with Gasteiger partial charge in [-0.1, -0.05) is 0 Å². The lowest BCUT2D eigenvalue weighted by atomic mass is 10.0. The van der Waals surface area contributed by atoms with Crippen LogP contribution in [0.4, 0.5) is 15.9 Å². The quantitative estimate of drug-likeness (QED) is 0.503. The van der Waals surface area contributed by atoms with Crippen LogP contribution in [0.1, 0.15) is 34.5 Å². The molecule has 2 aromatic rings. The molecule has 1 fully saturated rings. The van der Waals surface area contributed by atoms with E-state index in [1.54, 1.807) is 19.3 Å². The summed E-state index contributed by atoms with van der Waals surface area (Å²) in [6.45, 7) is 5.31. The second kappa shape index (κ2) is 11.3. The smallest absolute Gasteiger partial charge is 0.272 e. The van der Waals surface area contributed by atoms with Crippen LogP contribution in [-0.4, -0.2) is 66.9 Å². The number of allylic oxidation sites excluding steroid dienone is 1. The number of halogens is 1. The molecule has 0 bridgehead atoms. The molecule has 9 nitrogen and oxygen atoms in total. The third kappa shape index (κ3) is 5.98. The Morgan fingerprint density at radius 2 is 2.21 bits per heavy atom. The molecule has 0 unspecified atom stereocenters. The highest BCUT2D eigenvalue weighted by Gasteiger charge is 2.23. The lowest BCUT2D eigenvalue weighted by molar-refractivity contribution is 0.0946. The SMILES string of the molecule is C=Nc1ncnc(C(=O)NCc2cc(F)cc(C(C=NC)=CN)c2)c1NC[C@@H]1CCCN1C. The number of aromatic nitrogens is 2. The molecule has 0 radical (unpaired) electrons. The number of carbonyl (C=O) groups is 1. The number of nitrogens with two attached hydrogens (primary N) is 1. The van der Waals surface area contributed by atoms with Gasteiger partial charge in [0, 0.05) is 44.2 Å². The lowest BCUT2D eigenvalue weighted by Gasteiger charge is -2.21.